The second kappa shape index (κ2) is 11.1. The number of anilines is 1. The van der Waals surface area contributed by atoms with Crippen LogP contribution in [0.15, 0.2) is 24.3 Å². The second-order valence-corrected chi connectivity index (χ2v) is 7.21. The molecule has 5 heteroatoms. The average Bonchev–Trinajstić information content (AvgIpc) is 2.67. The molecule has 0 spiro atoms. The first-order chi connectivity index (χ1) is 12.7. The molecule has 1 saturated heterocycles. The van der Waals surface area contributed by atoms with Crippen molar-refractivity contribution in [3.05, 3.63) is 24.3 Å². The van der Waals surface area contributed by atoms with Crippen LogP contribution in [-0.4, -0.2) is 43.1 Å². The van der Waals surface area contributed by atoms with Gasteiger partial charge in [-0.3, -0.25) is 5.41 Å². The SMILES string of the molecule is CCCCCOc1ccc(N(CCCN)C(=N)N2CCCCC2C)cc1. The number of rotatable bonds is 9. The van der Waals surface area contributed by atoms with Crippen molar-refractivity contribution in [2.24, 2.45) is 5.73 Å². The van der Waals surface area contributed by atoms with Crippen LogP contribution < -0.4 is 15.4 Å². The van der Waals surface area contributed by atoms with E-state index >= 15 is 0 Å². The predicted molar refractivity (Wildman–Crippen MR) is 110 cm³/mol. The lowest BCUT2D eigenvalue weighted by Crippen LogP contribution is -2.50. The van der Waals surface area contributed by atoms with Crippen LogP contribution in [0.3, 0.4) is 0 Å². The fraction of sp³-hybridized carbons (Fsp3) is 0.667. The minimum Gasteiger partial charge on any atom is -0.494 e. The third kappa shape index (κ3) is 5.90. The van der Waals surface area contributed by atoms with E-state index in [1.807, 2.05) is 12.1 Å². The number of guanidine groups is 1. The molecule has 0 radical (unpaired) electrons. The summed E-state index contributed by atoms with van der Waals surface area (Å²) in [6.07, 6.45) is 7.97. The summed E-state index contributed by atoms with van der Waals surface area (Å²) < 4.78 is 5.82. The molecular formula is C21H36N4O. The Morgan fingerprint density at radius 1 is 1.23 bits per heavy atom. The number of hydrogen-bond acceptors (Lipinski definition) is 3. The molecule has 26 heavy (non-hydrogen) atoms. The van der Waals surface area contributed by atoms with Gasteiger partial charge in [0.15, 0.2) is 5.96 Å². The summed E-state index contributed by atoms with van der Waals surface area (Å²) in [5, 5.41) is 8.78. The van der Waals surface area contributed by atoms with Crippen molar-refractivity contribution >= 4 is 11.6 Å². The molecule has 1 aliphatic rings. The van der Waals surface area contributed by atoms with Crippen LogP contribution in [-0.2, 0) is 0 Å². The van der Waals surface area contributed by atoms with Crippen LogP contribution in [0.5, 0.6) is 5.75 Å². The summed E-state index contributed by atoms with van der Waals surface area (Å²) in [7, 11) is 0. The van der Waals surface area contributed by atoms with Gasteiger partial charge in [0.25, 0.3) is 0 Å². The topological polar surface area (TPSA) is 65.6 Å². The molecule has 0 bridgehead atoms. The monoisotopic (exact) mass is 360 g/mol. The zero-order valence-corrected chi connectivity index (χ0v) is 16.5. The van der Waals surface area contributed by atoms with Crippen LogP contribution in [0, 0.1) is 5.41 Å². The Morgan fingerprint density at radius 2 is 2.00 bits per heavy atom. The van der Waals surface area contributed by atoms with E-state index in [-0.39, 0.29) is 0 Å². The molecule has 0 saturated carbocycles. The van der Waals surface area contributed by atoms with E-state index in [0.717, 1.165) is 50.4 Å². The zero-order chi connectivity index (χ0) is 18.8. The molecule has 1 unspecified atom stereocenters. The Kier molecular flexibility index (Phi) is 8.75. The molecule has 1 atom stereocenters. The molecule has 5 nitrogen and oxygen atoms in total. The number of unbranched alkanes of at least 4 members (excludes halogenated alkanes) is 2. The molecule has 0 aliphatic carbocycles. The maximum atomic E-state index is 8.78. The first-order valence-electron chi connectivity index (χ1n) is 10.2. The van der Waals surface area contributed by atoms with Gasteiger partial charge in [-0.15, -0.1) is 0 Å². The molecule has 2 rings (SSSR count). The highest BCUT2D eigenvalue weighted by Crippen LogP contribution is 2.24. The molecule has 0 aromatic heterocycles. The normalized spacial score (nSPS) is 17.2. The van der Waals surface area contributed by atoms with Crippen LogP contribution >= 0.6 is 0 Å². The van der Waals surface area contributed by atoms with Crippen molar-refractivity contribution in [3.63, 3.8) is 0 Å². The van der Waals surface area contributed by atoms with Crippen molar-refractivity contribution in [2.45, 2.75) is 64.8 Å². The van der Waals surface area contributed by atoms with E-state index in [0.29, 0.717) is 18.5 Å². The molecule has 146 valence electrons. The number of nitrogens with one attached hydrogen (secondary N) is 1. The highest BCUT2D eigenvalue weighted by Gasteiger charge is 2.25. The summed E-state index contributed by atoms with van der Waals surface area (Å²) in [5.74, 6) is 1.50. The molecule has 0 amide bonds. The Balaban J connectivity index is 2.04. The molecule has 1 aliphatic heterocycles. The van der Waals surface area contributed by atoms with Crippen molar-refractivity contribution in [1.29, 1.82) is 5.41 Å². The Morgan fingerprint density at radius 3 is 2.65 bits per heavy atom. The third-order valence-electron chi connectivity index (χ3n) is 5.08. The van der Waals surface area contributed by atoms with Gasteiger partial charge >= 0.3 is 0 Å². The molecule has 1 heterocycles. The fourth-order valence-corrected chi connectivity index (χ4v) is 3.44. The maximum Gasteiger partial charge on any atom is 0.198 e. The van der Waals surface area contributed by atoms with E-state index in [2.05, 4.69) is 35.8 Å². The number of benzene rings is 1. The molecule has 1 aromatic carbocycles. The number of hydrogen-bond donors (Lipinski definition) is 2. The maximum absolute atomic E-state index is 8.78. The number of ether oxygens (including phenoxy) is 1. The quantitative estimate of drug-likeness (QED) is 0.393. The highest BCUT2D eigenvalue weighted by molar-refractivity contribution is 5.94. The van der Waals surface area contributed by atoms with Gasteiger partial charge in [0.2, 0.25) is 0 Å². The average molecular weight is 361 g/mol. The lowest BCUT2D eigenvalue weighted by molar-refractivity contribution is 0.252. The van der Waals surface area contributed by atoms with Crippen molar-refractivity contribution in [1.82, 2.24) is 4.90 Å². The number of nitrogens with zero attached hydrogens (tertiary/aromatic N) is 2. The third-order valence-corrected chi connectivity index (χ3v) is 5.08. The van der Waals surface area contributed by atoms with Crippen LogP contribution in [0.2, 0.25) is 0 Å². The standard InChI is InChI=1S/C21H36N4O/c1-3-4-7-17-26-20-12-10-19(11-13-20)25(16-8-14-22)21(23)24-15-6-5-9-18(24)2/h10-13,18,23H,3-9,14-17,22H2,1-2H3. The van der Waals surface area contributed by atoms with Gasteiger partial charge < -0.3 is 20.3 Å². The van der Waals surface area contributed by atoms with Crippen molar-refractivity contribution in [3.8, 4) is 5.75 Å². The first kappa shape index (κ1) is 20.6. The smallest absolute Gasteiger partial charge is 0.198 e. The molecular weight excluding hydrogens is 324 g/mol. The summed E-state index contributed by atoms with van der Waals surface area (Å²) in [5.41, 5.74) is 6.78. The lowest BCUT2D eigenvalue weighted by Gasteiger charge is -2.40. The van der Waals surface area contributed by atoms with E-state index in [1.165, 1.54) is 25.7 Å². The fourth-order valence-electron chi connectivity index (χ4n) is 3.44. The number of likely N-dealkylation sites (tertiary alicyclic amines) is 1. The number of piperidine rings is 1. The summed E-state index contributed by atoms with van der Waals surface area (Å²) in [6, 6.07) is 8.59. The molecule has 1 aromatic rings. The van der Waals surface area contributed by atoms with Gasteiger partial charge in [0.05, 0.1) is 6.61 Å². The van der Waals surface area contributed by atoms with Crippen LogP contribution in [0.1, 0.15) is 58.8 Å². The number of nitrogens with two attached hydrogens (primary N) is 1. The second-order valence-electron chi connectivity index (χ2n) is 7.21. The Bertz CT molecular complexity index is 531. The van der Waals surface area contributed by atoms with Gasteiger partial charge in [-0.05, 0) is 69.8 Å². The summed E-state index contributed by atoms with van der Waals surface area (Å²) >= 11 is 0. The Hall–Kier alpha value is -1.75. The van der Waals surface area contributed by atoms with E-state index in [4.69, 9.17) is 15.9 Å². The van der Waals surface area contributed by atoms with E-state index in [9.17, 15) is 0 Å². The van der Waals surface area contributed by atoms with Crippen molar-refractivity contribution in [2.75, 3.05) is 31.1 Å². The lowest BCUT2D eigenvalue weighted by atomic mass is 10.0. The zero-order valence-electron chi connectivity index (χ0n) is 16.5. The van der Waals surface area contributed by atoms with E-state index < -0.39 is 0 Å². The molecule has 3 N–H and O–H groups in total. The van der Waals surface area contributed by atoms with Gasteiger partial charge in [-0.1, -0.05) is 19.8 Å². The van der Waals surface area contributed by atoms with Gasteiger partial charge in [0.1, 0.15) is 5.75 Å². The van der Waals surface area contributed by atoms with Crippen LogP contribution in [0.4, 0.5) is 5.69 Å². The summed E-state index contributed by atoms with van der Waals surface area (Å²) in [6.45, 7) is 7.57. The van der Waals surface area contributed by atoms with Gasteiger partial charge in [-0.2, -0.15) is 0 Å². The first-order valence-corrected chi connectivity index (χ1v) is 10.2. The highest BCUT2D eigenvalue weighted by atomic mass is 16.5. The largest absolute Gasteiger partial charge is 0.494 e. The molecule has 1 fully saturated rings. The minimum atomic E-state index is 0.429. The summed E-state index contributed by atoms with van der Waals surface area (Å²) in [4.78, 5) is 4.32. The van der Waals surface area contributed by atoms with Gasteiger partial charge in [0, 0.05) is 24.8 Å². The van der Waals surface area contributed by atoms with Crippen LogP contribution in [0.25, 0.3) is 0 Å². The predicted octanol–water partition coefficient (Wildman–Crippen LogP) is 4.22. The Labute approximate surface area is 159 Å². The van der Waals surface area contributed by atoms with Gasteiger partial charge in [-0.25, -0.2) is 0 Å². The van der Waals surface area contributed by atoms with E-state index in [1.54, 1.807) is 0 Å². The van der Waals surface area contributed by atoms with Crippen molar-refractivity contribution < 1.29 is 4.74 Å². The minimum absolute atomic E-state index is 0.429.